The Labute approximate surface area is 153 Å². The molecule has 1 unspecified atom stereocenters. The second-order valence-electron chi connectivity index (χ2n) is 6.86. The first kappa shape index (κ1) is 17.0. The molecule has 3 heterocycles. The number of nitrogens with zero attached hydrogens (tertiary/aromatic N) is 2. The minimum absolute atomic E-state index is 0.0118. The zero-order valence-corrected chi connectivity index (χ0v) is 15.2. The number of rotatable bonds is 3. The van der Waals surface area contributed by atoms with Gasteiger partial charge in [0.1, 0.15) is 5.69 Å². The van der Waals surface area contributed by atoms with E-state index >= 15 is 0 Å². The summed E-state index contributed by atoms with van der Waals surface area (Å²) in [6.45, 7) is 0.892. The molecule has 2 aliphatic rings. The lowest BCUT2D eigenvalue weighted by Crippen LogP contribution is -2.36. The Morgan fingerprint density at radius 3 is 2.88 bits per heavy atom. The molecule has 26 heavy (non-hydrogen) atoms. The third kappa shape index (κ3) is 3.44. The first-order valence-corrected chi connectivity index (χ1v) is 10.7. The summed E-state index contributed by atoms with van der Waals surface area (Å²) in [5, 5.41) is 2.80. The van der Waals surface area contributed by atoms with Crippen molar-refractivity contribution in [2.75, 3.05) is 23.0 Å². The second-order valence-corrected chi connectivity index (χ2v) is 9.09. The Kier molecular flexibility index (Phi) is 4.40. The molecule has 2 aromatic rings. The highest BCUT2D eigenvalue weighted by Crippen LogP contribution is 2.33. The predicted octanol–water partition coefficient (Wildman–Crippen LogP) is 2.08. The van der Waals surface area contributed by atoms with E-state index in [-0.39, 0.29) is 23.5 Å². The summed E-state index contributed by atoms with van der Waals surface area (Å²) in [7, 11) is -3.03. The lowest BCUT2D eigenvalue weighted by atomic mass is 10.0. The van der Waals surface area contributed by atoms with Crippen LogP contribution in [0.1, 0.15) is 28.9 Å². The molecule has 1 aromatic carbocycles. The summed E-state index contributed by atoms with van der Waals surface area (Å²) >= 11 is 0. The van der Waals surface area contributed by atoms with Crippen molar-refractivity contribution in [3.8, 4) is 0 Å². The number of amides is 1. The van der Waals surface area contributed by atoms with Gasteiger partial charge < -0.3 is 10.2 Å². The van der Waals surface area contributed by atoms with Crippen molar-refractivity contribution < 1.29 is 13.2 Å². The highest BCUT2D eigenvalue weighted by Gasteiger charge is 2.29. The number of aromatic nitrogens is 1. The average Bonchev–Trinajstić information content (AvgIpc) is 2.99. The molecular formula is C19H21N3O3S. The van der Waals surface area contributed by atoms with E-state index in [1.54, 1.807) is 12.3 Å². The zero-order chi connectivity index (χ0) is 18.1. The lowest BCUT2D eigenvalue weighted by molar-refractivity contribution is 0.0936. The fraction of sp³-hybridized carbons (Fsp3) is 0.368. The molecule has 6 nitrogen and oxygen atoms in total. The number of para-hydroxylation sites is 1. The smallest absolute Gasteiger partial charge is 0.270 e. The largest absolute Gasteiger partial charge is 0.347 e. The predicted molar refractivity (Wildman–Crippen MR) is 101 cm³/mol. The van der Waals surface area contributed by atoms with Gasteiger partial charge in [-0.1, -0.05) is 18.2 Å². The Bertz CT molecular complexity index is 943. The fourth-order valence-electron chi connectivity index (χ4n) is 3.68. The number of nitrogens with one attached hydrogen (secondary N) is 1. The SMILES string of the molecule is O=C(NC1CCS(=O)(=O)C1)c1cc(N2CCCc3ccccc32)ccn1. The molecule has 1 aromatic heterocycles. The van der Waals surface area contributed by atoms with E-state index in [0.717, 1.165) is 30.8 Å². The third-order valence-electron chi connectivity index (χ3n) is 4.97. The number of carbonyl (C=O) groups is 1. The normalized spacial score (nSPS) is 21.2. The maximum Gasteiger partial charge on any atom is 0.270 e. The first-order chi connectivity index (χ1) is 12.5. The van der Waals surface area contributed by atoms with Crippen LogP contribution in [0.3, 0.4) is 0 Å². The van der Waals surface area contributed by atoms with Gasteiger partial charge in [-0.05, 0) is 43.0 Å². The molecular weight excluding hydrogens is 350 g/mol. The molecule has 0 aliphatic carbocycles. The number of sulfone groups is 1. The number of anilines is 2. The van der Waals surface area contributed by atoms with Crippen LogP contribution >= 0.6 is 0 Å². The lowest BCUT2D eigenvalue weighted by Gasteiger charge is -2.31. The maximum absolute atomic E-state index is 12.5. The van der Waals surface area contributed by atoms with E-state index < -0.39 is 9.84 Å². The summed E-state index contributed by atoms with van der Waals surface area (Å²) < 4.78 is 23.1. The van der Waals surface area contributed by atoms with E-state index in [1.807, 2.05) is 18.2 Å². The van der Waals surface area contributed by atoms with Crippen molar-refractivity contribution >= 4 is 27.1 Å². The van der Waals surface area contributed by atoms with Crippen molar-refractivity contribution in [2.45, 2.75) is 25.3 Å². The molecule has 4 rings (SSSR count). The summed E-state index contributed by atoms with van der Waals surface area (Å²) in [6, 6.07) is 11.7. The van der Waals surface area contributed by atoms with Crippen LogP contribution in [0.4, 0.5) is 11.4 Å². The molecule has 1 saturated heterocycles. The molecule has 0 saturated carbocycles. The molecule has 0 radical (unpaired) electrons. The van der Waals surface area contributed by atoms with Gasteiger partial charge in [0.25, 0.3) is 5.91 Å². The molecule has 1 atom stereocenters. The number of hydrogen-bond donors (Lipinski definition) is 1. The molecule has 136 valence electrons. The van der Waals surface area contributed by atoms with E-state index in [2.05, 4.69) is 27.3 Å². The summed E-state index contributed by atoms with van der Waals surface area (Å²) in [4.78, 5) is 18.9. The Balaban J connectivity index is 1.55. The second kappa shape index (κ2) is 6.72. The number of hydrogen-bond acceptors (Lipinski definition) is 5. The van der Waals surface area contributed by atoms with E-state index in [1.165, 1.54) is 5.56 Å². The highest BCUT2D eigenvalue weighted by molar-refractivity contribution is 7.91. The molecule has 1 fully saturated rings. The van der Waals surface area contributed by atoms with Crippen molar-refractivity contribution in [3.05, 3.63) is 53.9 Å². The topological polar surface area (TPSA) is 79.4 Å². The summed E-state index contributed by atoms with van der Waals surface area (Å²) in [5.41, 5.74) is 3.71. The number of carbonyl (C=O) groups excluding carboxylic acids is 1. The molecule has 1 amide bonds. The van der Waals surface area contributed by atoms with Gasteiger partial charge in [0, 0.05) is 30.2 Å². The average molecular weight is 371 g/mol. The van der Waals surface area contributed by atoms with Crippen LogP contribution in [0.25, 0.3) is 0 Å². The van der Waals surface area contributed by atoms with E-state index in [4.69, 9.17) is 0 Å². The van der Waals surface area contributed by atoms with Crippen molar-refractivity contribution in [1.82, 2.24) is 10.3 Å². The van der Waals surface area contributed by atoms with Crippen LogP contribution in [-0.4, -0.2) is 43.4 Å². The quantitative estimate of drug-likeness (QED) is 0.894. The summed E-state index contributed by atoms with van der Waals surface area (Å²) in [5.74, 6) is -0.173. The van der Waals surface area contributed by atoms with Crippen LogP contribution in [0.2, 0.25) is 0 Å². The van der Waals surface area contributed by atoms with Crippen LogP contribution < -0.4 is 10.2 Å². The van der Waals surface area contributed by atoms with Gasteiger partial charge >= 0.3 is 0 Å². The van der Waals surface area contributed by atoms with Gasteiger partial charge in [-0.2, -0.15) is 0 Å². The number of aryl methyl sites for hydroxylation is 1. The molecule has 0 bridgehead atoms. The summed E-state index contributed by atoms with van der Waals surface area (Å²) in [6.07, 6.45) is 4.21. The molecule has 1 N–H and O–H groups in total. The number of fused-ring (bicyclic) bond motifs is 1. The van der Waals surface area contributed by atoms with Crippen molar-refractivity contribution in [1.29, 1.82) is 0 Å². The van der Waals surface area contributed by atoms with Crippen molar-refractivity contribution in [2.24, 2.45) is 0 Å². The monoisotopic (exact) mass is 371 g/mol. The number of benzene rings is 1. The Morgan fingerprint density at radius 1 is 1.23 bits per heavy atom. The Hall–Kier alpha value is -2.41. The van der Waals surface area contributed by atoms with Crippen LogP contribution in [-0.2, 0) is 16.3 Å². The minimum Gasteiger partial charge on any atom is -0.347 e. The van der Waals surface area contributed by atoms with Gasteiger partial charge in [0.15, 0.2) is 9.84 Å². The zero-order valence-electron chi connectivity index (χ0n) is 14.4. The first-order valence-electron chi connectivity index (χ1n) is 8.85. The van der Waals surface area contributed by atoms with Gasteiger partial charge in [0.2, 0.25) is 0 Å². The Morgan fingerprint density at radius 2 is 2.08 bits per heavy atom. The highest BCUT2D eigenvalue weighted by atomic mass is 32.2. The number of pyridine rings is 1. The van der Waals surface area contributed by atoms with Crippen LogP contribution in [0.15, 0.2) is 42.6 Å². The van der Waals surface area contributed by atoms with Gasteiger partial charge in [0.05, 0.1) is 11.5 Å². The van der Waals surface area contributed by atoms with E-state index in [9.17, 15) is 13.2 Å². The molecule has 2 aliphatic heterocycles. The standard InChI is InChI=1S/C19H21N3O3S/c23-19(21-15-8-11-26(24,25)13-15)17-12-16(7-9-20-17)22-10-3-5-14-4-1-2-6-18(14)22/h1-2,4,6-7,9,12,15H,3,5,8,10-11,13H2,(H,21,23). The fourth-order valence-corrected chi connectivity index (χ4v) is 5.35. The van der Waals surface area contributed by atoms with Crippen molar-refractivity contribution in [3.63, 3.8) is 0 Å². The van der Waals surface area contributed by atoms with Gasteiger partial charge in [-0.3, -0.25) is 9.78 Å². The molecule has 0 spiro atoms. The maximum atomic E-state index is 12.5. The molecule has 7 heteroatoms. The van der Waals surface area contributed by atoms with Gasteiger partial charge in [-0.25, -0.2) is 8.42 Å². The minimum atomic E-state index is -3.03. The van der Waals surface area contributed by atoms with Gasteiger partial charge in [-0.15, -0.1) is 0 Å². The van der Waals surface area contributed by atoms with Crippen LogP contribution in [0, 0.1) is 0 Å². The third-order valence-corrected chi connectivity index (χ3v) is 6.73. The van der Waals surface area contributed by atoms with Crippen LogP contribution in [0.5, 0.6) is 0 Å². The van der Waals surface area contributed by atoms with E-state index in [0.29, 0.717) is 12.1 Å².